The summed E-state index contributed by atoms with van der Waals surface area (Å²) in [6.07, 6.45) is 2.79. The van der Waals surface area contributed by atoms with Gasteiger partial charge in [0, 0.05) is 6.54 Å². The summed E-state index contributed by atoms with van der Waals surface area (Å²) in [6, 6.07) is 15.4. The van der Waals surface area contributed by atoms with E-state index in [9.17, 15) is 8.42 Å². The molecule has 0 spiro atoms. The van der Waals surface area contributed by atoms with Gasteiger partial charge in [0.2, 0.25) is 10.0 Å². The summed E-state index contributed by atoms with van der Waals surface area (Å²) in [5, 5.41) is 0. The van der Waals surface area contributed by atoms with Crippen molar-refractivity contribution in [1.29, 1.82) is 0 Å². The number of nitrogens with zero attached hydrogens (tertiary/aromatic N) is 1. The molecule has 0 bridgehead atoms. The zero-order valence-electron chi connectivity index (χ0n) is 13.7. The summed E-state index contributed by atoms with van der Waals surface area (Å²) in [4.78, 5) is 0.389. The quantitative estimate of drug-likeness (QED) is 0.847. The molecule has 2 aromatic carbocycles. The maximum Gasteiger partial charge on any atom is 0.243 e. The zero-order valence-corrected chi connectivity index (χ0v) is 14.5. The Balaban J connectivity index is 1.92. The maximum absolute atomic E-state index is 13.0. The van der Waals surface area contributed by atoms with Gasteiger partial charge < -0.3 is 0 Å². The topological polar surface area (TPSA) is 37.4 Å². The average molecular weight is 329 g/mol. The molecule has 23 heavy (non-hydrogen) atoms. The summed E-state index contributed by atoms with van der Waals surface area (Å²) in [7, 11) is -3.44. The lowest BCUT2D eigenvalue weighted by atomic mass is 10.0. The molecule has 1 unspecified atom stereocenters. The Morgan fingerprint density at radius 1 is 1.04 bits per heavy atom. The molecule has 1 aliphatic heterocycles. The summed E-state index contributed by atoms with van der Waals surface area (Å²) < 4.78 is 27.6. The van der Waals surface area contributed by atoms with E-state index in [0.717, 1.165) is 30.4 Å². The van der Waals surface area contributed by atoms with Crippen LogP contribution in [-0.4, -0.2) is 19.3 Å². The monoisotopic (exact) mass is 329 g/mol. The van der Waals surface area contributed by atoms with Gasteiger partial charge in [0.25, 0.3) is 0 Å². The van der Waals surface area contributed by atoms with E-state index in [2.05, 4.69) is 31.2 Å². The van der Waals surface area contributed by atoms with Crippen molar-refractivity contribution in [2.75, 3.05) is 6.54 Å². The Morgan fingerprint density at radius 3 is 2.30 bits per heavy atom. The Morgan fingerprint density at radius 2 is 1.70 bits per heavy atom. The lowest BCUT2D eigenvalue weighted by Gasteiger charge is -2.24. The molecule has 3 rings (SSSR count). The minimum Gasteiger partial charge on any atom is -0.207 e. The van der Waals surface area contributed by atoms with Gasteiger partial charge in [-0.3, -0.25) is 0 Å². The first-order chi connectivity index (χ1) is 11.0. The predicted molar refractivity (Wildman–Crippen MR) is 92.9 cm³/mol. The molecule has 3 nitrogen and oxygen atoms in total. The Hall–Kier alpha value is -1.65. The molecule has 1 fully saturated rings. The molecule has 4 heteroatoms. The van der Waals surface area contributed by atoms with Crippen LogP contribution >= 0.6 is 0 Å². The molecule has 0 aromatic heterocycles. The van der Waals surface area contributed by atoms with Crippen molar-refractivity contribution in [3.05, 3.63) is 65.2 Å². The van der Waals surface area contributed by atoms with Crippen LogP contribution in [0.3, 0.4) is 0 Å². The van der Waals surface area contributed by atoms with E-state index in [1.165, 1.54) is 5.56 Å². The molecular formula is C19H23NO2S. The van der Waals surface area contributed by atoms with E-state index >= 15 is 0 Å². The summed E-state index contributed by atoms with van der Waals surface area (Å²) in [5.74, 6) is 0. The highest BCUT2D eigenvalue weighted by Crippen LogP contribution is 2.36. The number of benzene rings is 2. The Kier molecular flexibility index (Phi) is 4.55. The Labute approximate surface area is 139 Å². The SMILES string of the molecule is CCc1ccc(C2CCCN2S(=O)(=O)c2ccc(C)cc2)cc1. The molecule has 0 aliphatic carbocycles. The highest BCUT2D eigenvalue weighted by molar-refractivity contribution is 7.89. The fraction of sp³-hybridized carbons (Fsp3) is 0.368. The second-order valence-corrected chi connectivity index (χ2v) is 8.07. The first-order valence-corrected chi connectivity index (χ1v) is 9.63. The van der Waals surface area contributed by atoms with E-state index in [4.69, 9.17) is 0 Å². The lowest BCUT2D eigenvalue weighted by Crippen LogP contribution is -2.30. The van der Waals surface area contributed by atoms with Gasteiger partial charge in [-0.15, -0.1) is 0 Å². The number of sulfonamides is 1. The summed E-state index contributed by atoms with van der Waals surface area (Å²) in [5.41, 5.74) is 3.44. The standard InChI is InChI=1S/C19H23NO2S/c1-3-16-8-10-17(11-9-16)19-5-4-14-20(19)23(21,22)18-12-6-15(2)7-13-18/h6-13,19H,3-5,14H2,1-2H3. The van der Waals surface area contributed by atoms with Crippen LogP contribution in [-0.2, 0) is 16.4 Å². The van der Waals surface area contributed by atoms with Gasteiger partial charge in [0.15, 0.2) is 0 Å². The Bertz CT molecular complexity index is 764. The number of hydrogen-bond acceptors (Lipinski definition) is 2. The van der Waals surface area contributed by atoms with Crippen LogP contribution in [0.2, 0.25) is 0 Å². The van der Waals surface area contributed by atoms with Crippen molar-refractivity contribution >= 4 is 10.0 Å². The van der Waals surface area contributed by atoms with Gasteiger partial charge in [-0.2, -0.15) is 4.31 Å². The average Bonchev–Trinajstić information content (AvgIpc) is 3.06. The molecule has 1 aliphatic rings. The van der Waals surface area contributed by atoms with Crippen LogP contribution in [0.4, 0.5) is 0 Å². The van der Waals surface area contributed by atoms with Crippen LogP contribution in [0, 0.1) is 6.92 Å². The van der Waals surface area contributed by atoms with Gasteiger partial charge in [-0.05, 0) is 49.4 Å². The van der Waals surface area contributed by atoms with Crippen LogP contribution in [0.5, 0.6) is 0 Å². The first-order valence-electron chi connectivity index (χ1n) is 8.19. The summed E-state index contributed by atoms with van der Waals surface area (Å²) >= 11 is 0. The third-order valence-corrected chi connectivity index (χ3v) is 6.53. The summed E-state index contributed by atoms with van der Waals surface area (Å²) in [6.45, 7) is 4.68. The third-order valence-electron chi connectivity index (χ3n) is 4.60. The van der Waals surface area contributed by atoms with Gasteiger partial charge in [-0.1, -0.05) is 48.9 Å². The molecule has 0 amide bonds. The van der Waals surface area contributed by atoms with E-state index < -0.39 is 10.0 Å². The normalized spacial score (nSPS) is 19.1. The number of rotatable bonds is 4. The minimum absolute atomic E-state index is 0.0489. The van der Waals surface area contributed by atoms with Crippen molar-refractivity contribution in [1.82, 2.24) is 4.31 Å². The zero-order chi connectivity index (χ0) is 16.4. The van der Waals surface area contributed by atoms with Crippen molar-refractivity contribution in [2.24, 2.45) is 0 Å². The van der Waals surface area contributed by atoms with Crippen molar-refractivity contribution < 1.29 is 8.42 Å². The molecule has 2 aromatic rings. The van der Waals surface area contributed by atoms with Crippen LogP contribution < -0.4 is 0 Å². The van der Waals surface area contributed by atoms with Gasteiger partial charge in [-0.25, -0.2) is 8.42 Å². The first kappa shape index (κ1) is 16.2. The lowest BCUT2D eigenvalue weighted by molar-refractivity contribution is 0.396. The van der Waals surface area contributed by atoms with Gasteiger partial charge in [0.1, 0.15) is 0 Å². The fourth-order valence-electron chi connectivity index (χ4n) is 3.18. The molecule has 1 atom stereocenters. The van der Waals surface area contributed by atoms with Gasteiger partial charge >= 0.3 is 0 Å². The van der Waals surface area contributed by atoms with Crippen molar-refractivity contribution in [3.8, 4) is 0 Å². The fourth-order valence-corrected chi connectivity index (χ4v) is 4.86. The largest absolute Gasteiger partial charge is 0.243 e. The highest BCUT2D eigenvalue weighted by atomic mass is 32.2. The second kappa shape index (κ2) is 6.46. The van der Waals surface area contributed by atoms with E-state index in [0.29, 0.717) is 11.4 Å². The van der Waals surface area contributed by atoms with Gasteiger partial charge in [0.05, 0.1) is 10.9 Å². The van der Waals surface area contributed by atoms with Crippen LogP contribution in [0.15, 0.2) is 53.4 Å². The number of aryl methyl sites for hydroxylation is 2. The van der Waals surface area contributed by atoms with Crippen molar-refractivity contribution in [2.45, 2.75) is 44.0 Å². The predicted octanol–water partition coefficient (Wildman–Crippen LogP) is 4.08. The third kappa shape index (κ3) is 3.19. The molecular weight excluding hydrogens is 306 g/mol. The maximum atomic E-state index is 13.0. The van der Waals surface area contributed by atoms with Crippen LogP contribution in [0.25, 0.3) is 0 Å². The van der Waals surface area contributed by atoms with E-state index in [-0.39, 0.29) is 6.04 Å². The minimum atomic E-state index is -3.44. The molecule has 1 heterocycles. The molecule has 0 N–H and O–H groups in total. The second-order valence-electron chi connectivity index (χ2n) is 6.18. The smallest absolute Gasteiger partial charge is 0.207 e. The molecule has 0 radical (unpaired) electrons. The van der Waals surface area contributed by atoms with Crippen molar-refractivity contribution in [3.63, 3.8) is 0 Å². The molecule has 122 valence electrons. The highest BCUT2D eigenvalue weighted by Gasteiger charge is 2.35. The molecule has 1 saturated heterocycles. The van der Waals surface area contributed by atoms with E-state index in [1.54, 1.807) is 16.4 Å². The molecule has 0 saturated carbocycles. The number of hydrogen-bond donors (Lipinski definition) is 0. The van der Waals surface area contributed by atoms with Crippen LogP contribution in [0.1, 0.15) is 42.5 Å². The van der Waals surface area contributed by atoms with E-state index in [1.807, 2.05) is 19.1 Å².